The third-order valence-electron chi connectivity index (χ3n) is 7.98. The molecule has 1 saturated carbocycles. The van der Waals surface area contributed by atoms with Gasteiger partial charge in [-0.05, 0) is 72.2 Å². The number of hydrogen-bond acceptors (Lipinski definition) is 6. The van der Waals surface area contributed by atoms with Gasteiger partial charge in [0.2, 0.25) is 16.8 Å². The molecule has 3 aromatic rings. The van der Waals surface area contributed by atoms with Gasteiger partial charge < -0.3 is 14.2 Å². The number of rotatable bonds is 9. The first-order valence-electron chi connectivity index (χ1n) is 13.0. The van der Waals surface area contributed by atoms with E-state index in [-0.39, 0.29) is 24.9 Å². The van der Waals surface area contributed by atoms with Crippen LogP contribution in [0.25, 0.3) is 11.1 Å². The van der Waals surface area contributed by atoms with Gasteiger partial charge in [-0.1, -0.05) is 42.5 Å². The Morgan fingerprint density at radius 2 is 1.82 bits per heavy atom. The molecule has 0 unspecified atom stereocenters. The molecule has 2 fully saturated rings. The predicted molar refractivity (Wildman–Crippen MR) is 145 cm³/mol. The highest BCUT2D eigenvalue weighted by atomic mass is 32.2. The maximum atomic E-state index is 13.4. The Balaban J connectivity index is 0.00000308. The number of nitrogens with zero attached hydrogens (tertiary/aromatic N) is 1. The second-order valence-corrected chi connectivity index (χ2v) is 12.2. The van der Waals surface area contributed by atoms with E-state index in [1.165, 1.54) is 0 Å². The average Bonchev–Trinajstić information content (AvgIpc) is 3.37. The number of carbonyl (C=O) groups is 1. The fourth-order valence-corrected chi connectivity index (χ4v) is 7.38. The molecule has 0 bridgehead atoms. The molecule has 2 heterocycles. The molecule has 8 heteroatoms. The van der Waals surface area contributed by atoms with Gasteiger partial charge in [0.15, 0.2) is 11.5 Å². The lowest BCUT2D eigenvalue weighted by Crippen LogP contribution is -2.38. The lowest BCUT2D eigenvalue weighted by atomic mass is 9.87. The van der Waals surface area contributed by atoms with Crippen molar-refractivity contribution in [2.45, 2.75) is 48.5 Å². The van der Waals surface area contributed by atoms with Gasteiger partial charge in [-0.3, -0.25) is 4.79 Å². The Hall–Kier alpha value is -3.20. The van der Waals surface area contributed by atoms with Crippen LogP contribution in [0.1, 0.15) is 38.2 Å². The number of carbonyl (C=O) groups excluding carboxylic acids is 1. The van der Waals surface area contributed by atoms with Crippen molar-refractivity contribution in [3.8, 4) is 22.6 Å². The molecular formula is C30H33NO6S. The van der Waals surface area contributed by atoms with Crippen molar-refractivity contribution in [3.63, 3.8) is 0 Å². The normalized spacial score (nSPS) is 20.0. The van der Waals surface area contributed by atoms with Crippen molar-refractivity contribution in [2.75, 3.05) is 27.1 Å². The van der Waals surface area contributed by atoms with Gasteiger partial charge in [0, 0.05) is 27.5 Å². The van der Waals surface area contributed by atoms with E-state index < -0.39 is 15.4 Å². The molecule has 2 aliphatic heterocycles. The summed E-state index contributed by atoms with van der Waals surface area (Å²) in [5, 5.41) is 0. The summed E-state index contributed by atoms with van der Waals surface area (Å²) in [6.45, 7) is 1.13. The summed E-state index contributed by atoms with van der Waals surface area (Å²) < 4.78 is 44.2. The molecule has 0 aromatic heterocycles. The standard InChI is InChI=1S/C30H31NO6S.H2/c1-35-19-25-6-3-15-31(25)38(33,34)26-10-7-22(8-11-26)23-5-2-4-21(16-23)17-29(32)30(13-14-30)24-9-12-27-28(18-24)37-20-36-27;/h2,4-5,7-12,16,18,25H,3,6,13-15,17,19-20H2,1H3;1H/t25-;/m0./s1. The summed E-state index contributed by atoms with van der Waals surface area (Å²) in [6, 6.07) is 20.6. The zero-order valence-electron chi connectivity index (χ0n) is 21.4. The zero-order valence-corrected chi connectivity index (χ0v) is 22.2. The summed E-state index contributed by atoms with van der Waals surface area (Å²) in [6.07, 6.45) is 3.66. The van der Waals surface area contributed by atoms with Crippen LogP contribution in [0.3, 0.4) is 0 Å². The number of ether oxygens (including phenoxy) is 3. The molecule has 0 amide bonds. The molecule has 1 atom stereocenters. The summed E-state index contributed by atoms with van der Waals surface area (Å²) in [4.78, 5) is 13.7. The van der Waals surface area contributed by atoms with Crippen molar-refractivity contribution in [1.29, 1.82) is 0 Å². The first kappa shape index (κ1) is 25.1. The Morgan fingerprint density at radius 1 is 1.03 bits per heavy atom. The highest BCUT2D eigenvalue weighted by Gasteiger charge is 2.50. The number of sulfonamides is 1. The van der Waals surface area contributed by atoms with E-state index in [1.807, 2.05) is 54.6 Å². The number of benzene rings is 3. The van der Waals surface area contributed by atoms with E-state index in [9.17, 15) is 13.2 Å². The lowest BCUT2D eigenvalue weighted by molar-refractivity contribution is -0.120. The van der Waals surface area contributed by atoms with Gasteiger partial charge >= 0.3 is 0 Å². The topological polar surface area (TPSA) is 82.1 Å². The molecular weight excluding hydrogens is 502 g/mol. The van der Waals surface area contributed by atoms with Crippen molar-refractivity contribution in [3.05, 3.63) is 77.9 Å². The highest BCUT2D eigenvalue weighted by molar-refractivity contribution is 7.89. The van der Waals surface area contributed by atoms with Crippen LogP contribution in [0.15, 0.2) is 71.6 Å². The summed E-state index contributed by atoms with van der Waals surface area (Å²) in [5.41, 5.74) is 3.33. The van der Waals surface area contributed by atoms with E-state index in [2.05, 4.69) is 0 Å². The van der Waals surface area contributed by atoms with Gasteiger partial charge in [-0.15, -0.1) is 0 Å². The lowest BCUT2D eigenvalue weighted by Gasteiger charge is -2.23. The molecule has 7 nitrogen and oxygen atoms in total. The molecule has 0 spiro atoms. The molecule has 38 heavy (non-hydrogen) atoms. The number of methoxy groups -OCH3 is 1. The Morgan fingerprint density at radius 3 is 2.58 bits per heavy atom. The molecule has 3 aliphatic rings. The van der Waals surface area contributed by atoms with Gasteiger partial charge in [-0.2, -0.15) is 4.31 Å². The first-order chi connectivity index (χ1) is 18.4. The molecule has 0 radical (unpaired) electrons. The van der Waals surface area contributed by atoms with Crippen molar-refractivity contribution < 1.29 is 28.8 Å². The van der Waals surface area contributed by atoms with Crippen LogP contribution in [0.4, 0.5) is 0 Å². The van der Waals surface area contributed by atoms with Crippen LogP contribution in [0.2, 0.25) is 0 Å². The van der Waals surface area contributed by atoms with Crippen LogP contribution in [-0.2, 0) is 31.4 Å². The monoisotopic (exact) mass is 535 g/mol. The Bertz CT molecular complexity index is 1470. The first-order valence-corrected chi connectivity index (χ1v) is 14.5. The Kier molecular flexibility index (Phi) is 6.50. The van der Waals surface area contributed by atoms with Crippen LogP contribution in [0, 0.1) is 0 Å². The third-order valence-corrected chi connectivity index (χ3v) is 9.94. The van der Waals surface area contributed by atoms with Gasteiger partial charge in [0.1, 0.15) is 5.78 Å². The van der Waals surface area contributed by atoms with E-state index >= 15 is 0 Å². The van der Waals surface area contributed by atoms with Crippen molar-refractivity contribution in [1.82, 2.24) is 4.31 Å². The SMILES string of the molecule is COC[C@@H]1CCCN1S(=O)(=O)c1ccc(-c2cccc(CC(=O)C3(c4ccc5c(c4)OCO5)CC3)c2)cc1.[HH]. The minimum absolute atomic E-state index is 0. The molecule has 3 aromatic carbocycles. The summed E-state index contributed by atoms with van der Waals surface area (Å²) >= 11 is 0. The largest absolute Gasteiger partial charge is 0.454 e. The fraction of sp³-hybridized carbons (Fsp3) is 0.367. The maximum Gasteiger partial charge on any atom is 0.243 e. The summed E-state index contributed by atoms with van der Waals surface area (Å²) in [7, 11) is -1.98. The van der Waals surface area contributed by atoms with E-state index in [1.54, 1.807) is 23.5 Å². The van der Waals surface area contributed by atoms with Crippen molar-refractivity contribution in [2.24, 2.45) is 0 Å². The quantitative estimate of drug-likeness (QED) is 0.385. The smallest absolute Gasteiger partial charge is 0.243 e. The van der Waals surface area contributed by atoms with Gasteiger partial charge in [-0.25, -0.2) is 8.42 Å². The molecule has 0 N–H and O–H groups in total. The fourth-order valence-electron chi connectivity index (χ4n) is 5.70. The van der Waals surface area contributed by atoms with Crippen LogP contribution in [-0.4, -0.2) is 51.6 Å². The number of hydrogen-bond donors (Lipinski definition) is 0. The molecule has 200 valence electrons. The zero-order chi connectivity index (χ0) is 26.3. The minimum atomic E-state index is -3.58. The molecule has 1 aliphatic carbocycles. The second kappa shape index (κ2) is 9.84. The second-order valence-electron chi connectivity index (χ2n) is 10.3. The van der Waals surface area contributed by atoms with Crippen LogP contribution >= 0.6 is 0 Å². The third kappa shape index (κ3) is 4.51. The maximum absolute atomic E-state index is 13.4. The number of ketones is 1. The molecule has 6 rings (SSSR count). The van der Waals surface area contributed by atoms with Crippen molar-refractivity contribution >= 4 is 15.8 Å². The van der Waals surface area contributed by atoms with Gasteiger partial charge in [0.05, 0.1) is 16.9 Å². The van der Waals surface area contributed by atoms with E-state index in [0.29, 0.717) is 25.3 Å². The van der Waals surface area contributed by atoms with E-state index in [4.69, 9.17) is 14.2 Å². The van der Waals surface area contributed by atoms with E-state index in [0.717, 1.165) is 53.7 Å². The minimum Gasteiger partial charge on any atom is -0.454 e. The number of fused-ring (bicyclic) bond motifs is 1. The van der Waals surface area contributed by atoms with Crippen LogP contribution < -0.4 is 9.47 Å². The summed E-state index contributed by atoms with van der Waals surface area (Å²) in [5.74, 6) is 1.62. The predicted octanol–water partition coefficient (Wildman–Crippen LogP) is 4.97. The highest BCUT2D eigenvalue weighted by Crippen LogP contribution is 2.51. The Labute approximate surface area is 224 Å². The average molecular weight is 536 g/mol. The number of Topliss-reactive ketones (excluding diaryl/α,β-unsaturated/α-hetero) is 1. The molecule has 1 saturated heterocycles. The van der Waals surface area contributed by atoms with Gasteiger partial charge in [0.25, 0.3) is 0 Å². The van der Waals surface area contributed by atoms with Crippen LogP contribution in [0.5, 0.6) is 11.5 Å².